The SMILES string of the molecule is CC(C)S(=O)(=O)NC1CCCOC1c1ccc(-c2ccccc2C#N)cc1. The number of hydrogen-bond donors (Lipinski definition) is 1. The van der Waals surface area contributed by atoms with Crippen LogP contribution in [-0.2, 0) is 14.8 Å². The Balaban J connectivity index is 1.85. The molecule has 1 N–H and O–H groups in total. The third kappa shape index (κ3) is 4.38. The van der Waals surface area contributed by atoms with Crippen molar-refractivity contribution in [2.24, 2.45) is 0 Å². The highest BCUT2D eigenvalue weighted by Crippen LogP contribution is 2.31. The molecule has 2 atom stereocenters. The van der Waals surface area contributed by atoms with E-state index >= 15 is 0 Å². The summed E-state index contributed by atoms with van der Waals surface area (Å²) < 4.78 is 33.3. The van der Waals surface area contributed by atoms with Crippen molar-refractivity contribution in [2.45, 2.75) is 44.1 Å². The van der Waals surface area contributed by atoms with Crippen LogP contribution < -0.4 is 4.72 Å². The second kappa shape index (κ2) is 8.22. The van der Waals surface area contributed by atoms with Crippen LogP contribution in [-0.4, -0.2) is 26.3 Å². The maximum absolute atomic E-state index is 12.3. The van der Waals surface area contributed by atoms with Crippen molar-refractivity contribution in [3.05, 3.63) is 59.7 Å². The number of nitrogens with zero attached hydrogens (tertiary/aromatic N) is 1. The molecule has 0 aliphatic carbocycles. The monoisotopic (exact) mass is 384 g/mol. The zero-order valence-corrected chi connectivity index (χ0v) is 16.4. The maximum atomic E-state index is 12.3. The van der Waals surface area contributed by atoms with Crippen molar-refractivity contribution in [3.8, 4) is 17.2 Å². The van der Waals surface area contributed by atoms with Gasteiger partial charge in [0, 0.05) is 6.61 Å². The van der Waals surface area contributed by atoms with Crippen LogP contribution in [0.1, 0.15) is 43.9 Å². The van der Waals surface area contributed by atoms with Crippen LogP contribution in [0.25, 0.3) is 11.1 Å². The first-order valence-corrected chi connectivity index (χ1v) is 10.7. The normalized spacial score (nSPS) is 20.4. The first kappa shape index (κ1) is 19.6. The molecule has 3 rings (SSSR count). The topological polar surface area (TPSA) is 79.2 Å². The van der Waals surface area contributed by atoms with Crippen LogP contribution in [0.2, 0.25) is 0 Å². The number of hydrogen-bond acceptors (Lipinski definition) is 4. The molecular weight excluding hydrogens is 360 g/mol. The zero-order valence-electron chi connectivity index (χ0n) is 15.6. The van der Waals surface area contributed by atoms with Gasteiger partial charge in [-0.1, -0.05) is 42.5 Å². The minimum Gasteiger partial charge on any atom is -0.372 e. The number of sulfonamides is 1. The van der Waals surface area contributed by atoms with Gasteiger partial charge < -0.3 is 4.74 Å². The lowest BCUT2D eigenvalue weighted by Gasteiger charge is -2.33. The molecule has 1 aliphatic rings. The fourth-order valence-electron chi connectivity index (χ4n) is 3.26. The van der Waals surface area contributed by atoms with E-state index in [2.05, 4.69) is 10.8 Å². The van der Waals surface area contributed by atoms with E-state index in [4.69, 9.17) is 4.74 Å². The Kier molecular flexibility index (Phi) is 5.95. The number of nitrogens with one attached hydrogen (secondary N) is 1. The van der Waals surface area contributed by atoms with E-state index in [1.54, 1.807) is 19.9 Å². The number of rotatable bonds is 5. The van der Waals surface area contributed by atoms with Gasteiger partial charge in [0.15, 0.2) is 0 Å². The van der Waals surface area contributed by atoms with Crippen LogP contribution in [0, 0.1) is 11.3 Å². The van der Waals surface area contributed by atoms with Gasteiger partial charge in [-0.05, 0) is 49.4 Å². The summed E-state index contributed by atoms with van der Waals surface area (Å²) >= 11 is 0. The first-order chi connectivity index (χ1) is 12.9. The molecule has 5 nitrogen and oxygen atoms in total. The molecule has 27 heavy (non-hydrogen) atoms. The molecular formula is C21H24N2O3S. The lowest BCUT2D eigenvalue weighted by molar-refractivity contribution is -0.00446. The average molecular weight is 385 g/mol. The number of ether oxygens (including phenoxy) is 1. The van der Waals surface area contributed by atoms with Crippen molar-refractivity contribution in [1.29, 1.82) is 5.26 Å². The molecule has 2 aromatic carbocycles. The zero-order chi connectivity index (χ0) is 19.4. The molecule has 2 unspecified atom stereocenters. The Bertz CT molecular complexity index is 931. The van der Waals surface area contributed by atoms with Crippen molar-refractivity contribution in [3.63, 3.8) is 0 Å². The van der Waals surface area contributed by atoms with Crippen LogP contribution >= 0.6 is 0 Å². The molecule has 1 heterocycles. The Hall–Kier alpha value is -2.20. The fraction of sp³-hybridized carbons (Fsp3) is 0.381. The van der Waals surface area contributed by atoms with Gasteiger partial charge in [-0.3, -0.25) is 0 Å². The summed E-state index contributed by atoms with van der Waals surface area (Å²) in [7, 11) is -3.36. The van der Waals surface area contributed by atoms with Crippen molar-refractivity contribution in [1.82, 2.24) is 4.72 Å². The van der Waals surface area contributed by atoms with E-state index in [1.165, 1.54) is 0 Å². The van der Waals surface area contributed by atoms with Crippen LogP contribution in [0.3, 0.4) is 0 Å². The molecule has 142 valence electrons. The van der Waals surface area contributed by atoms with Crippen molar-refractivity contribution < 1.29 is 13.2 Å². The molecule has 0 radical (unpaired) electrons. The molecule has 6 heteroatoms. The Morgan fingerprint density at radius 3 is 2.52 bits per heavy atom. The van der Waals surface area contributed by atoms with E-state index in [0.29, 0.717) is 12.2 Å². The smallest absolute Gasteiger partial charge is 0.214 e. The lowest BCUT2D eigenvalue weighted by Crippen LogP contribution is -2.45. The summed E-state index contributed by atoms with van der Waals surface area (Å²) in [4.78, 5) is 0. The van der Waals surface area contributed by atoms with Gasteiger partial charge in [0.1, 0.15) is 0 Å². The number of nitriles is 1. The molecule has 1 saturated heterocycles. The highest BCUT2D eigenvalue weighted by molar-refractivity contribution is 7.90. The van der Waals surface area contributed by atoms with E-state index in [-0.39, 0.29) is 12.1 Å². The summed E-state index contributed by atoms with van der Waals surface area (Å²) in [5, 5.41) is 8.81. The van der Waals surface area contributed by atoms with E-state index in [1.807, 2.05) is 42.5 Å². The van der Waals surface area contributed by atoms with Crippen LogP contribution in [0.5, 0.6) is 0 Å². The molecule has 2 aromatic rings. The highest BCUT2D eigenvalue weighted by Gasteiger charge is 2.31. The Morgan fingerprint density at radius 1 is 1.15 bits per heavy atom. The second-order valence-electron chi connectivity index (χ2n) is 7.03. The largest absolute Gasteiger partial charge is 0.372 e. The third-order valence-electron chi connectivity index (χ3n) is 4.86. The molecule has 0 spiro atoms. The average Bonchev–Trinajstić information content (AvgIpc) is 2.68. The number of benzene rings is 2. The minimum atomic E-state index is -3.36. The van der Waals surface area contributed by atoms with E-state index in [0.717, 1.165) is 29.5 Å². The summed E-state index contributed by atoms with van der Waals surface area (Å²) in [6, 6.07) is 17.2. The van der Waals surface area contributed by atoms with Gasteiger partial charge in [0.2, 0.25) is 10.0 Å². The predicted octanol–water partition coefficient (Wildman–Crippen LogP) is 3.77. The van der Waals surface area contributed by atoms with E-state index in [9.17, 15) is 13.7 Å². The molecule has 0 amide bonds. The Morgan fingerprint density at radius 2 is 1.85 bits per heavy atom. The molecule has 0 bridgehead atoms. The van der Waals surface area contributed by atoms with Crippen LogP contribution in [0.15, 0.2) is 48.5 Å². The van der Waals surface area contributed by atoms with Gasteiger partial charge in [0.05, 0.1) is 29.0 Å². The van der Waals surface area contributed by atoms with Crippen LogP contribution in [0.4, 0.5) is 0 Å². The molecule has 0 aromatic heterocycles. The minimum absolute atomic E-state index is 0.275. The van der Waals surface area contributed by atoms with Gasteiger partial charge in [-0.25, -0.2) is 13.1 Å². The summed E-state index contributed by atoms with van der Waals surface area (Å²) in [5.74, 6) is 0. The Labute approximate surface area is 161 Å². The van der Waals surface area contributed by atoms with E-state index < -0.39 is 15.3 Å². The fourth-order valence-corrected chi connectivity index (χ4v) is 4.20. The summed E-state index contributed by atoms with van der Waals surface area (Å²) in [5.41, 5.74) is 3.39. The predicted molar refractivity (Wildman–Crippen MR) is 105 cm³/mol. The summed E-state index contributed by atoms with van der Waals surface area (Å²) in [6.07, 6.45) is 1.26. The lowest BCUT2D eigenvalue weighted by atomic mass is 9.94. The highest BCUT2D eigenvalue weighted by atomic mass is 32.2. The molecule has 1 aliphatic heterocycles. The van der Waals surface area contributed by atoms with Crippen molar-refractivity contribution >= 4 is 10.0 Å². The second-order valence-corrected chi connectivity index (χ2v) is 9.30. The molecule has 0 saturated carbocycles. The van der Waals surface area contributed by atoms with Crippen molar-refractivity contribution in [2.75, 3.05) is 6.61 Å². The van der Waals surface area contributed by atoms with Gasteiger partial charge in [-0.2, -0.15) is 5.26 Å². The molecule has 1 fully saturated rings. The maximum Gasteiger partial charge on any atom is 0.214 e. The first-order valence-electron chi connectivity index (χ1n) is 9.14. The standard InChI is InChI=1S/C21H24N2O3S/c1-15(2)27(24,25)23-20-8-5-13-26-21(20)17-11-9-16(10-12-17)19-7-4-3-6-18(19)14-22/h3-4,6-7,9-12,15,20-21,23H,5,8,13H2,1-2H3. The quantitative estimate of drug-likeness (QED) is 0.851. The summed E-state index contributed by atoms with van der Waals surface area (Å²) in [6.45, 7) is 3.95. The van der Waals surface area contributed by atoms with Gasteiger partial charge >= 0.3 is 0 Å². The van der Waals surface area contributed by atoms with Gasteiger partial charge in [-0.15, -0.1) is 0 Å². The van der Waals surface area contributed by atoms with Gasteiger partial charge in [0.25, 0.3) is 0 Å². The third-order valence-corrected chi connectivity index (χ3v) is 6.73.